The first-order valence-corrected chi connectivity index (χ1v) is 8.81. The van der Waals surface area contributed by atoms with Crippen molar-refractivity contribution in [2.24, 2.45) is 4.99 Å². The van der Waals surface area contributed by atoms with E-state index in [1.807, 2.05) is 7.05 Å². The molecule has 5 heteroatoms. The summed E-state index contributed by atoms with van der Waals surface area (Å²) in [5, 5.41) is 8.93. The molecule has 0 spiro atoms. The van der Waals surface area contributed by atoms with Crippen LogP contribution in [0.1, 0.15) is 38.0 Å². The maximum atomic E-state index is 4.30. The molecule has 2 unspecified atom stereocenters. The van der Waals surface area contributed by atoms with Crippen LogP contribution < -0.4 is 10.6 Å². The molecule has 21 heavy (non-hydrogen) atoms. The first kappa shape index (κ1) is 16.3. The van der Waals surface area contributed by atoms with Gasteiger partial charge < -0.3 is 10.6 Å². The number of thiophene rings is 1. The first-order valence-electron chi connectivity index (χ1n) is 7.93. The van der Waals surface area contributed by atoms with Crippen LogP contribution in [-0.4, -0.2) is 43.1 Å². The zero-order chi connectivity index (χ0) is 15.1. The third-order valence-corrected chi connectivity index (χ3v) is 5.10. The second-order valence-electron chi connectivity index (χ2n) is 5.82. The van der Waals surface area contributed by atoms with Crippen molar-refractivity contribution in [1.29, 1.82) is 0 Å². The van der Waals surface area contributed by atoms with Gasteiger partial charge in [0.25, 0.3) is 0 Å². The molecular weight excluding hydrogens is 280 g/mol. The molecule has 0 aromatic carbocycles. The second-order valence-corrected chi connectivity index (χ2v) is 6.85. The lowest BCUT2D eigenvalue weighted by atomic mass is 10.0. The van der Waals surface area contributed by atoms with Crippen LogP contribution >= 0.6 is 11.3 Å². The predicted octanol–water partition coefficient (Wildman–Crippen LogP) is 2.68. The lowest BCUT2D eigenvalue weighted by Gasteiger charge is -2.38. The molecule has 0 radical (unpaired) electrons. The molecule has 2 heterocycles. The molecule has 2 N–H and O–H groups in total. The fraction of sp³-hybridized carbons (Fsp3) is 0.688. The fourth-order valence-corrected chi connectivity index (χ4v) is 3.59. The maximum Gasteiger partial charge on any atom is 0.191 e. The monoisotopic (exact) mass is 308 g/mol. The molecule has 0 amide bonds. The van der Waals surface area contributed by atoms with E-state index < -0.39 is 0 Å². The summed E-state index contributed by atoms with van der Waals surface area (Å²) in [6, 6.07) is 5.47. The quantitative estimate of drug-likeness (QED) is 0.649. The van der Waals surface area contributed by atoms with E-state index in [0.717, 1.165) is 19.0 Å². The lowest BCUT2D eigenvalue weighted by molar-refractivity contribution is 0.115. The zero-order valence-electron chi connectivity index (χ0n) is 13.4. The van der Waals surface area contributed by atoms with Gasteiger partial charge in [-0.15, -0.1) is 11.3 Å². The van der Waals surface area contributed by atoms with Crippen LogP contribution in [0.15, 0.2) is 22.5 Å². The van der Waals surface area contributed by atoms with Crippen LogP contribution in [0.2, 0.25) is 0 Å². The van der Waals surface area contributed by atoms with Crippen molar-refractivity contribution in [2.45, 2.75) is 51.7 Å². The molecule has 1 aliphatic heterocycles. The Morgan fingerprint density at radius 2 is 2.33 bits per heavy atom. The van der Waals surface area contributed by atoms with E-state index >= 15 is 0 Å². The van der Waals surface area contributed by atoms with Crippen LogP contribution in [0.3, 0.4) is 0 Å². The van der Waals surface area contributed by atoms with E-state index in [1.165, 1.54) is 30.7 Å². The van der Waals surface area contributed by atoms with E-state index in [9.17, 15) is 0 Å². The van der Waals surface area contributed by atoms with Gasteiger partial charge in [-0.25, -0.2) is 0 Å². The summed E-state index contributed by atoms with van der Waals surface area (Å²) < 4.78 is 0. The van der Waals surface area contributed by atoms with Crippen molar-refractivity contribution in [3.05, 3.63) is 22.4 Å². The van der Waals surface area contributed by atoms with Crippen molar-refractivity contribution in [1.82, 2.24) is 15.5 Å². The molecule has 2 rings (SSSR count). The van der Waals surface area contributed by atoms with Gasteiger partial charge in [-0.1, -0.05) is 12.5 Å². The number of piperidine rings is 1. The molecule has 118 valence electrons. The number of guanidine groups is 1. The molecule has 0 bridgehead atoms. The molecule has 2 atom stereocenters. The molecule has 1 aromatic heterocycles. The summed E-state index contributed by atoms with van der Waals surface area (Å²) in [7, 11) is 1.83. The fourth-order valence-electron chi connectivity index (χ4n) is 2.94. The number of rotatable bonds is 5. The van der Waals surface area contributed by atoms with Crippen LogP contribution in [0.25, 0.3) is 0 Å². The topological polar surface area (TPSA) is 39.7 Å². The Labute approximate surface area is 132 Å². The highest BCUT2D eigenvalue weighted by Crippen LogP contribution is 2.18. The Bertz CT molecular complexity index is 429. The van der Waals surface area contributed by atoms with Gasteiger partial charge in [0, 0.05) is 30.6 Å². The molecule has 4 nitrogen and oxygen atoms in total. The average Bonchev–Trinajstić information content (AvgIpc) is 3.01. The third kappa shape index (κ3) is 5.00. The van der Waals surface area contributed by atoms with Gasteiger partial charge in [0.15, 0.2) is 5.96 Å². The molecule has 1 aliphatic rings. The second kappa shape index (κ2) is 8.39. The third-order valence-electron chi connectivity index (χ3n) is 4.22. The maximum absolute atomic E-state index is 4.30. The number of hydrogen-bond acceptors (Lipinski definition) is 3. The molecule has 1 aromatic rings. The van der Waals surface area contributed by atoms with Gasteiger partial charge in [0.2, 0.25) is 0 Å². The van der Waals surface area contributed by atoms with Gasteiger partial charge >= 0.3 is 0 Å². The minimum atomic E-state index is 0.542. The molecule has 0 saturated carbocycles. The Balaban J connectivity index is 1.74. The summed E-state index contributed by atoms with van der Waals surface area (Å²) >= 11 is 1.77. The van der Waals surface area contributed by atoms with Gasteiger partial charge in [0.05, 0.1) is 6.54 Å². The Morgan fingerprint density at radius 3 is 3.00 bits per heavy atom. The van der Waals surface area contributed by atoms with Gasteiger partial charge in [-0.3, -0.25) is 9.89 Å². The summed E-state index contributed by atoms with van der Waals surface area (Å²) in [6.45, 7) is 7.66. The molecule has 1 fully saturated rings. The van der Waals surface area contributed by atoms with E-state index in [0.29, 0.717) is 12.1 Å². The number of nitrogens with zero attached hydrogens (tertiary/aromatic N) is 2. The predicted molar refractivity (Wildman–Crippen MR) is 92.0 cm³/mol. The van der Waals surface area contributed by atoms with Crippen molar-refractivity contribution >= 4 is 17.3 Å². The Morgan fingerprint density at radius 1 is 1.48 bits per heavy atom. The van der Waals surface area contributed by atoms with Gasteiger partial charge in [0.1, 0.15) is 0 Å². The lowest BCUT2D eigenvalue weighted by Crippen LogP contribution is -2.50. The summed E-state index contributed by atoms with van der Waals surface area (Å²) in [5.74, 6) is 0.889. The van der Waals surface area contributed by atoms with Gasteiger partial charge in [-0.05, 0) is 44.7 Å². The van der Waals surface area contributed by atoms with Crippen LogP contribution in [-0.2, 0) is 6.54 Å². The number of aliphatic imine (C=N–C) groups is 1. The highest BCUT2D eigenvalue weighted by molar-refractivity contribution is 7.09. The Kier molecular flexibility index (Phi) is 6.51. The smallest absolute Gasteiger partial charge is 0.191 e. The van der Waals surface area contributed by atoms with E-state index in [4.69, 9.17) is 0 Å². The van der Waals surface area contributed by atoms with E-state index in [2.05, 4.69) is 51.9 Å². The number of nitrogens with one attached hydrogen (secondary N) is 2. The first-order chi connectivity index (χ1) is 10.2. The van der Waals surface area contributed by atoms with Crippen LogP contribution in [0.4, 0.5) is 0 Å². The zero-order valence-corrected chi connectivity index (χ0v) is 14.2. The SMILES string of the molecule is CN=C(NCc1cccs1)NCC(C)N1CCCCC1C. The highest BCUT2D eigenvalue weighted by Gasteiger charge is 2.22. The number of hydrogen-bond donors (Lipinski definition) is 2. The van der Waals surface area contributed by atoms with Crippen molar-refractivity contribution in [3.63, 3.8) is 0 Å². The van der Waals surface area contributed by atoms with Crippen molar-refractivity contribution in [2.75, 3.05) is 20.1 Å². The van der Waals surface area contributed by atoms with Crippen LogP contribution in [0, 0.1) is 0 Å². The minimum Gasteiger partial charge on any atom is -0.355 e. The normalized spacial score (nSPS) is 22.0. The highest BCUT2D eigenvalue weighted by atomic mass is 32.1. The van der Waals surface area contributed by atoms with Gasteiger partial charge in [-0.2, -0.15) is 0 Å². The van der Waals surface area contributed by atoms with Crippen molar-refractivity contribution < 1.29 is 0 Å². The summed E-state index contributed by atoms with van der Waals surface area (Å²) in [6.07, 6.45) is 4.04. The average molecular weight is 308 g/mol. The molecule has 1 saturated heterocycles. The standard InChI is InChI=1S/C16H28N4S/c1-13-7-4-5-9-20(13)14(2)11-18-16(17-3)19-12-15-8-6-10-21-15/h6,8,10,13-14H,4-5,7,9,11-12H2,1-3H3,(H2,17,18,19). The van der Waals surface area contributed by atoms with Crippen LogP contribution in [0.5, 0.6) is 0 Å². The molecule has 0 aliphatic carbocycles. The largest absolute Gasteiger partial charge is 0.355 e. The van der Waals surface area contributed by atoms with Crippen molar-refractivity contribution in [3.8, 4) is 0 Å². The molecular formula is C16H28N4S. The van der Waals surface area contributed by atoms with E-state index in [1.54, 1.807) is 11.3 Å². The van der Waals surface area contributed by atoms with E-state index in [-0.39, 0.29) is 0 Å². The minimum absolute atomic E-state index is 0.542. The number of likely N-dealkylation sites (tertiary alicyclic amines) is 1. The summed E-state index contributed by atoms with van der Waals surface area (Å²) in [5.41, 5.74) is 0. The Hall–Kier alpha value is -1.07. The summed E-state index contributed by atoms with van der Waals surface area (Å²) in [4.78, 5) is 8.25.